The fourth-order valence-corrected chi connectivity index (χ4v) is 9.06. The number of hydrogen-bond acceptors (Lipinski definition) is 10. The summed E-state index contributed by atoms with van der Waals surface area (Å²) in [5, 5.41) is 2.58. The van der Waals surface area contributed by atoms with Crippen LogP contribution in [0, 0.1) is 0 Å². The average molecular weight is 1010 g/mol. The van der Waals surface area contributed by atoms with Gasteiger partial charge in [-0.1, -0.05) is 48.5 Å². The van der Waals surface area contributed by atoms with Crippen LogP contribution in [0.3, 0.4) is 0 Å². The van der Waals surface area contributed by atoms with Gasteiger partial charge in [0.25, 0.3) is 0 Å². The molecule has 0 radical (unpaired) electrons. The van der Waals surface area contributed by atoms with Crippen LogP contribution in [0.1, 0.15) is 0 Å². The molecule has 0 fully saturated rings. The predicted octanol–water partition coefficient (Wildman–Crippen LogP) is 8.59. The number of fused-ring (bicyclic) bond motifs is 20. The van der Waals surface area contributed by atoms with Gasteiger partial charge in [-0.15, -0.1) is 0 Å². The van der Waals surface area contributed by atoms with Crippen LogP contribution in [0.5, 0.6) is 46.0 Å². The van der Waals surface area contributed by atoms with Crippen molar-refractivity contribution in [3.05, 3.63) is 171 Å². The van der Waals surface area contributed by atoms with Crippen molar-refractivity contribution in [1.82, 2.24) is 39.9 Å². The molecule has 8 bridgehead atoms. The summed E-state index contributed by atoms with van der Waals surface area (Å²) < 4.78 is 34.3. The first-order chi connectivity index (χ1) is 35.2. The van der Waals surface area contributed by atoms with E-state index in [0.29, 0.717) is 136 Å². The first-order valence-electron chi connectivity index (χ1n) is 23.0. The summed E-state index contributed by atoms with van der Waals surface area (Å²) in [5.74, 6) is 5.90. The maximum absolute atomic E-state index is 6.65. The number of nitrogens with zero attached hydrogens (tertiary/aromatic N) is 12. The van der Waals surface area contributed by atoms with Gasteiger partial charge in [-0.25, -0.2) is 28.2 Å². The zero-order valence-corrected chi connectivity index (χ0v) is 42.8. The molecule has 0 atom stereocenters. The largest absolute Gasteiger partial charge is 2.00 e. The minimum Gasteiger partial charge on any atom is -0.450 e. The fraction of sp³-hybridized carbons (Fsp3) is 0.0714. The van der Waals surface area contributed by atoms with Gasteiger partial charge >= 0.3 is 19.5 Å². The Balaban J connectivity index is 0.00000543. The molecule has 11 aromatic rings. The number of ether oxygens (including phenoxy) is 4. The smallest absolute Gasteiger partial charge is 0.450 e. The monoisotopic (exact) mass is 1010 g/mol. The van der Waals surface area contributed by atoms with Gasteiger partial charge in [0.15, 0.2) is 47.8 Å². The van der Waals surface area contributed by atoms with Crippen LogP contribution in [0.25, 0.3) is 89.7 Å². The first kappa shape index (κ1) is 44.8. The molecule has 9 heterocycles. The van der Waals surface area contributed by atoms with Gasteiger partial charge in [-0.3, -0.25) is 0 Å². The van der Waals surface area contributed by atoms with E-state index in [4.69, 9.17) is 58.8 Å². The molecule has 2 aliphatic rings. The Labute approximate surface area is 429 Å². The molecule has 7 aromatic heterocycles. The molecular weight excluding hydrogens is 970 g/mol. The van der Waals surface area contributed by atoms with Crippen LogP contribution in [-0.2, 0) is 47.7 Å². The Hall–Kier alpha value is -9.34. The molecule has 0 saturated heterocycles. The molecule has 0 spiro atoms. The predicted molar refractivity (Wildman–Crippen MR) is 265 cm³/mol. The van der Waals surface area contributed by atoms with Crippen molar-refractivity contribution in [2.24, 2.45) is 28.2 Å². The molecule has 0 unspecified atom stereocenters. The van der Waals surface area contributed by atoms with E-state index in [1.54, 1.807) is 0 Å². The summed E-state index contributed by atoms with van der Waals surface area (Å²) >= 11 is 0. The molecule has 2 aliphatic heterocycles. The molecule has 0 N–H and O–H groups in total. The van der Waals surface area contributed by atoms with E-state index in [1.807, 2.05) is 217 Å². The minimum atomic E-state index is 0. The Bertz CT molecular complexity index is 3950. The maximum atomic E-state index is 6.65. The Morgan fingerprint density at radius 2 is 0.671 bits per heavy atom. The summed E-state index contributed by atoms with van der Waals surface area (Å²) in [4.78, 5) is 41.9. The summed E-state index contributed by atoms with van der Waals surface area (Å²) in [6.07, 6.45) is 15.4. The zero-order valence-electron chi connectivity index (χ0n) is 39.9. The van der Waals surface area contributed by atoms with Crippen molar-refractivity contribution in [3.63, 3.8) is 0 Å². The van der Waals surface area contributed by atoms with E-state index in [9.17, 15) is 0 Å². The number of aromatic nitrogens is 12. The fourth-order valence-electron chi connectivity index (χ4n) is 9.06. The molecule has 17 heteroatoms. The van der Waals surface area contributed by atoms with Gasteiger partial charge in [0.1, 0.15) is 51.2 Å². The number of hydrogen-bond donors (Lipinski definition) is 0. The van der Waals surface area contributed by atoms with E-state index < -0.39 is 0 Å². The zero-order chi connectivity index (χ0) is 48.5. The third-order valence-electron chi connectivity index (χ3n) is 12.2. The van der Waals surface area contributed by atoms with Crippen molar-refractivity contribution in [1.29, 1.82) is 0 Å². The van der Waals surface area contributed by atoms with Crippen molar-refractivity contribution >= 4 is 44.1 Å². The number of pyridine rings is 4. The van der Waals surface area contributed by atoms with Crippen molar-refractivity contribution in [2.45, 2.75) is 0 Å². The van der Waals surface area contributed by atoms with Crippen molar-refractivity contribution in [3.8, 4) is 91.5 Å². The Morgan fingerprint density at radius 3 is 1.04 bits per heavy atom. The molecule has 16 nitrogen and oxygen atoms in total. The minimum absolute atomic E-state index is 0. The van der Waals surface area contributed by atoms with Gasteiger partial charge in [0, 0.05) is 68.8 Å². The molecule has 0 amide bonds. The third kappa shape index (κ3) is 8.30. The van der Waals surface area contributed by atoms with Gasteiger partial charge < -0.3 is 48.9 Å². The van der Waals surface area contributed by atoms with E-state index in [2.05, 4.69) is 0 Å². The van der Waals surface area contributed by atoms with E-state index in [1.165, 1.54) is 0 Å². The topological polar surface area (TPSA) is 158 Å². The van der Waals surface area contributed by atoms with Crippen molar-refractivity contribution < 1.29 is 56.7 Å². The first-order valence-corrected chi connectivity index (χ1v) is 23.0. The van der Waals surface area contributed by atoms with Gasteiger partial charge in [0.2, 0.25) is 24.8 Å². The summed E-state index contributed by atoms with van der Waals surface area (Å²) in [5.41, 5.74) is 3.92. The number of benzene rings is 4. The SMILES string of the molecule is C[n+]1cccc(Oc2cccc3c2-c2nc-3nc3[n-]c(nc4nc(nc5[n-]c(n2)c2cccc(Oc6ccc[n+](C)c6)c52)-c2cccc(Oc5ccc[n+](C)c5)c2-4)c2cccc(Oc4ccc[n+](C)c4)c32)c1.[Zn+2]. The van der Waals surface area contributed by atoms with Crippen LogP contribution in [-0.4, -0.2) is 29.9 Å². The summed E-state index contributed by atoms with van der Waals surface area (Å²) in [6.45, 7) is 0. The van der Waals surface area contributed by atoms with Gasteiger partial charge in [0.05, 0.1) is 34.4 Å². The second-order valence-electron chi connectivity index (χ2n) is 17.4. The van der Waals surface area contributed by atoms with Gasteiger partial charge in [-0.2, -0.15) is 0 Å². The molecule has 13 rings (SSSR count). The quantitative estimate of drug-likeness (QED) is 0.106. The summed E-state index contributed by atoms with van der Waals surface area (Å²) in [7, 11) is 7.76. The normalized spacial score (nSPS) is 11.5. The Morgan fingerprint density at radius 1 is 0.342 bits per heavy atom. The number of rotatable bonds is 8. The van der Waals surface area contributed by atoms with Crippen LogP contribution in [0.2, 0.25) is 0 Å². The van der Waals surface area contributed by atoms with E-state index in [0.717, 1.165) is 0 Å². The van der Waals surface area contributed by atoms with Crippen LogP contribution in [0.15, 0.2) is 171 Å². The van der Waals surface area contributed by atoms with E-state index in [-0.39, 0.29) is 19.5 Å². The molecule has 4 aromatic carbocycles. The molecule has 73 heavy (non-hydrogen) atoms. The third-order valence-corrected chi connectivity index (χ3v) is 12.2. The van der Waals surface area contributed by atoms with Crippen molar-refractivity contribution in [2.75, 3.05) is 0 Å². The van der Waals surface area contributed by atoms with Crippen LogP contribution >= 0.6 is 0 Å². The van der Waals surface area contributed by atoms with Gasteiger partial charge in [-0.05, 0) is 59.3 Å². The average Bonchev–Trinajstić information content (AvgIpc) is 4.11. The van der Waals surface area contributed by atoms with Crippen LogP contribution < -0.4 is 47.2 Å². The second kappa shape index (κ2) is 18.1. The molecule has 346 valence electrons. The van der Waals surface area contributed by atoms with E-state index >= 15 is 0 Å². The molecule has 0 aliphatic carbocycles. The standard InChI is InChI=1S/C56H40N12O4.Zn/c1-65-25-9-13-33(29-65)69-41-21-5-17-37-45(41)53-57-49(37)62-54-47-39(19-7-23-43(47)71-35-15-11-27-67(3)31-35)51(59-54)64-56-48-40(20-8-24-44(48)72-36-16-12-28-68(4)32-36)52(60-56)63-55-46-38(50(58-55)61-53)18-6-22-42(46)70-34-14-10-26-66(2)30-34;/h5-32H,1-4H3;/q2*+2. The Kier molecular flexibility index (Phi) is 11.1. The second-order valence-corrected chi connectivity index (χ2v) is 17.4. The molecule has 0 saturated carbocycles. The maximum Gasteiger partial charge on any atom is 2.00 e. The summed E-state index contributed by atoms with van der Waals surface area (Å²) in [6, 6.07) is 38.3. The number of aryl methyl sites for hydroxylation is 4. The van der Waals surface area contributed by atoms with Crippen LogP contribution in [0.4, 0.5) is 0 Å². The molecular formula is C56H40N12O4Zn+4.